The van der Waals surface area contributed by atoms with Gasteiger partial charge in [-0.2, -0.15) is 0 Å². The van der Waals surface area contributed by atoms with Crippen LogP contribution in [0.4, 0.5) is 0 Å². The molecule has 5 nitrogen and oxygen atoms in total. The topological polar surface area (TPSA) is 64.7 Å². The minimum absolute atomic E-state index is 0.840. The van der Waals surface area contributed by atoms with Gasteiger partial charge in [0.1, 0.15) is 11.2 Å². The van der Waals surface area contributed by atoms with E-state index in [4.69, 9.17) is 4.42 Å². The van der Waals surface area contributed by atoms with Gasteiger partial charge in [0.05, 0.1) is 0 Å². The molecule has 0 bridgehead atoms. The quantitative estimate of drug-likeness (QED) is 0.142. The number of hydrogen-bond donors (Lipinski definition) is 0. The number of rotatable bonds is 8. The van der Waals surface area contributed by atoms with Gasteiger partial charge in [-0.3, -0.25) is 15.0 Å². The number of pyridine rings is 3. The van der Waals surface area contributed by atoms with Gasteiger partial charge >= 0.3 is 0 Å². The number of hydrogen-bond acceptors (Lipinski definition) is 5. The van der Waals surface area contributed by atoms with Crippen molar-refractivity contribution in [3.05, 3.63) is 268 Å². The first kappa shape index (κ1) is 44.0. The smallest absolute Gasteiger partial charge is 0.136 e. The summed E-state index contributed by atoms with van der Waals surface area (Å²) in [6, 6.07) is 79.8. The zero-order valence-electron chi connectivity index (χ0n) is 41.4. The maximum atomic E-state index is 6.86. The molecule has 0 N–H and O–H groups in total. The summed E-state index contributed by atoms with van der Waals surface area (Å²) in [6.45, 7) is 0. The van der Waals surface area contributed by atoms with Crippen molar-refractivity contribution in [2.45, 2.75) is 0 Å². The van der Waals surface area contributed by atoms with Crippen LogP contribution in [0, 0.1) is 12.3 Å². The largest absolute Gasteiger partial charge is 0.456 e. The lowest BCUT2D eigenvalue weighted by Crippen LogP contribution is -1.93. The molecule has 0 spiro atoms. The normalized spacial score (nSPS) is 11.5. The van der Waals surface area contributed by atoms with Crippen molar-refractivity contribution >= 4 is 65.0 Å². The van der Waals surface area contributed by atoms with E-state index >= 15 is 0 Å². The molecule has 5 aromatic heterocycles. The van der Waals surface area contributed by atoms with Gasteiger partial charge in [-0.05, 0) is 195 Å². The lowest BCUT2D eigenvalue weighted by molar-refractivity contribution is 0.669. The first-order valence-corrected chi connectivity index (χ1v) is 25.8. The number of aromatic nitrogens is 4. The maximum Gasteiger partial charge on any atom is 0.136 e. The molecule has 0 atom stereocenters. The second-order valence-corrected chi connectivity index (χ2v) is 19.6. The first-order valence-electron chi connectivity index (χ1n) is 25.8. The van der Waals surface area contributed by atoms with Crippen molar-refractivity contribution in [2.24, 2.45) is 0 Å². The summed E-state index contributed by atoms with van der Waals surface area (Å²) in [6.07, 6.45) is 16.0. The Hall–Kier alpha value is -10.5. The third-order valence-corrected chi connectivity index (χ3v) is 15.2. The third-order valence-electron chi connectivity index (χ3n) is 15.2. The van der Waals surface area contributed by atoms with E-state index in [2.05, 4.69) is 220 Å². The maximum absolute atomic E-state index is 6.86. The van der Waals surface area contributed by atoms with Crippen LogP contribution >= 0.6 is 0 Å². The van der Waals surface area contributed by atoms with Crippen molar-refractivity contribution in [1.82, 2.24) is 19.9 Å². The molecule has 0 amide bonds. The highest BCUT2D eigenvalue weighted by Gasteiger charge is 2.23. The Balaban J connectivity index is 0.953. The van der Waals surface area contributed by atoms with Crippen LogP contribution in [0.25, 0.3) is 154 Å². The molecule has 15 rings (SSSR count). The average Bonchev–Trinajstić information content (AvgIpc) is 3.91. The highest BCUT2D eigenvalue weighted by atomic mass is 16.3. The Bertz CT molecular complexity index is 4550. The van der Waals surface area contributed by atoms with Gasteiger partial charge in [-0.1, -0.05) is 133 Å². The molecule has 5 heterocycles. The van der Waals surface area contributed by atoms with Gasteiger partial charge in [-0.25, -0.2) is 4.98 Å². The standard InChI is InChI=1S/C72H42N4O/c1-3-20-58-56(18-1)68(57-19-2-4-21-59(57)69(58)54-36-50(46-14-10-30-73-41-46)34-51(37-54)47-15-11-31-74-42-47)45-28-29-66-65(40-45)72-64(26-9-27-67(72)77-66)71-62-24-7-5-22-60(62)70(61-23-6-8-25-63(61)71)55-38-52(48-16-12-32-75-43-48)35-53(39-55)49-17-13-33-76-44-49/h1-12,14-32,34-44H. The summed E-state index contributed by atoms with van der Waals surface area (Å²) in [5, 5.41) is 11.5. The van der Waals surface area contributed by atoms with E-state index in [0.717, 1.165) is 116 Å². The van der Waals surface area contributed by atoms with Crippen LogP contribution in [0.2, 0.25) is 0 Å². The number of benzene rings is 10. The van der Waals surface area contributed by atoms with Crippen LogP contribution in [0.5, 0.6) is 0 Å². The molecule has 0 saturated heterocycles. The highest BCUT2D eigenvalue weighted by Crippen LogP contribution is 2.50. The predicted molar refractivity (Wildman–Crippen MR) is 316 cm³/mol. The lowest BCUT2D eigenvalue weighted by Gasteiger charge is -2.20. The Morgan fingerprint density at radius 1 is 0.286 bits per heavy atom. The van der Waals surface area contributed by atoms with Gasteiger partial charge < -0.3 is 4.42 Å². The predicted octanol–water partition coefficient (Wildman–Crippen LogP) is 18.7. The van der Waals surface area contributed by atoms with Gasteiger partial charge in [0, 0.05) is 82.6 Å². The van der Waals surface area contributed by atoms with E-state index in [-0.39, 0.29) is 0 Å². The Labute approximate surface area is 444 Å². The van der Waals surface area contributed by atoms with Gasteiger partial charge in [0.2, 0.25) is 0 Å². The summed E-state index contributed by atoms with van der Waals surface area (Å²) < 4.78 is 6.86. The number of nitrogens with zero attached hydrogens (tertiary/aromatic N) is 4. The molecule has 0 unspecified atom stereocenters. The summed E-state index contributed by atoms with van der Waals surface area (Å²) in [7, 11) is 0. The monoisotopic (exact) mass is 978 g/mol. The summed E-state index contributed by atoms with van der Waals surface area (Å²) in [5.41, 5.74) is 19.3. The zero-order chi connectivity index (χ0) is 50.8. The molecule has 10 aromatic carbocycles. The minimum atomic E-state index is 0.840. The molecular weight excluding hydrogens is 937 g/mol. The summed E-state index contributed by atoms with van der Waals surface area (Å²) in [5.74, 6) is 0. The molecule has 77 heavy (non-hydrogen) atoms. The van der Waals surface area contributed by atoms with Crippen molar-refractivity contribution in [1.29, 1.82) is 0 Å². The minimum Gasteiger partial charge on any atom is -0.456 e. The van der Waals surface area contributed by atoms with Crippen LogP contribution in [0.1, 0.15) is 0 Å². The van der Waals surface area contributed by atoms with E-state index in [9.17, 15) is 0 Å². The van der Waals surface area contributed by atoms with E-state index in [1.54, 1.807) is 0 Å². The second-order valence-electron chi connectivity index (χ2n) is 19.6. The molecule has 356 valence electrons. The molecule has 0 radical (unpaired) electrons. The fourth-order valence-electron chi connectivity index (χ4n) is 11.9. The van der Waals surface area contributed by atoms with E-state index in [0.29, 0.717) is 0 Å². The van der Waals surface area contributed by atoms with Crippen LogP contribution < -0.4 is 0 Å². The second kappa shape index (κ2) is 18.1. The molecular formula is C72H42N4O. The fourth-order valence-corrected chi connectivity index (χ4v) is 11.9. The zero-order valence-corrected chi connectivity index (χ0v) is 41.4. The van der Waals surface area contributed by atoms with E-state index in [1.807, 2.05) is 67.6 Å². The van der Waals surface area contributed by atoms with E-state index in [1.165, 1.54) is 38.2 Å². The van der Waals surface area contributed by atoms with Crippen LogP contribution in [-0.4, -0.2) is 19.9 Å². The van der Waals surface area contributed by atoms with Crippen molar-refractivity contribution in [3.8, 4) is 89.0 Å². The fraction of sp³-hybridized carbons (Fsp3) is 0. The molecule has 0 aliphatic heterocycles. The number of furan rings is 1. The Morgan fingerprint density at radius 3 is 1.14 bits per heavy atom. The average molecular weight is 979 g/mol. The van der Waals surface area contributed by atoms with Gasteiger partial charge in [-0.15, -0.1) is 0 Å². The Kier molecular flexibility index (Phi) is 10.4. The lowest BCUT2D eigenvalue weighted by atomic mass is 9.83. The van der Waals surface area contributed by atoms with Crippen LogP contribution in [0.3, 0.4) is 0 Å². The van der Waals surface area contributed by atoms with Crippen molar-refractivity contribution < 1.29 is 4.42 Å². The van der Waals surface area contributed by atoms with Crippen molar-refractivity contribution in [2.75, 3.05) is 0 Å². The molecule has 15 aromatic rings. The van der Waals surface area contributed by atoms with Gasteiger partial charge in [0.15, 0.2) is 0 Å². The molecule has 0 aliphatic carbocycles. The Morgan fingerprint density at radius 2 is 0.714 bits per heavy atom. The number of fused-ring (bicyclic) bond motifs is 7. The molecule has 0 fully saturated rings. The molecule has 0 aliphatic rings. The van der Waals surface area contributed by atoms with Crippen LogP contribution in [0.15, 0.2) is 260 Å². The molecule has 0 saturated carbocycles. The summed E-state index contributed by atoms with van der Waals surface area (Å²) in [4.78, 5) is 17.9. The highest BCUT2D eigenvalue weighted by molar-refractivity contribution is 6.27. The van der Waals surface area contributed by atoms with Gasteiger partial charge in [0.25, 0.3) is 0 Å². The third kappa shape index (κ3) is 7.42. The first-order chi connectivity index (χ1) is 38.2. The molecule has 5 heteroatoms. The van der Waals surface area contributed by atoms with Crippen LogP contribution in [-0.2, 0) is 0 Å². The van der Waals surface area contributed by atoms with Crippen molar-refractivity contribution in [3.63, 3.8) is 0 Å². The summed E-state index contributed by atoms with van der Waals surface area (Å²) >= 11 is 0. The SMILES string of the molecule is c1cc(-c2cc(-c3cccnc3)cc(-c3c4ccccc4c(-c4cccc5oc6ccc(-c7c8ccccc8c(-c8cc(-c9cccnc9)cc(-c9cccnc9)c8)c8ccccc78)cc6c45)c4ccccc34)c2)cnc#1. The van der Waals surface area contributed by atoms with E-state index < -0.39 is 0 Å².